The molecule has 37 heteroatoms. The van der Waals surface area contributed by atoms with Crippen LogP contribution in [0.2, 0.25) is 18.1 Å². The lowest BCUT2D eigenvalue weighted by Gasteiger charge is -2.38. The summed E-state index contributed by atoms with van der Waals surface area (Å²) in [7, 11) is 0.880. The van der Waals surface area contributed by atoms with Crippen LogP contribution in [-0.2, 0) is 137 Å². The summed E-state index contributed by atoms with van der Waals surface area (Å²) >= 11 is 1.51. The Morgan fingerprint density at radius 2 is 0.810 bits per heavy atom. The van der Waals surface area contributed by atoms with Gasteiger partial charge in [-0.1, -0.05) is 65.8 Å². The second-order valence-corrected chi connectivity index (χ2v) is 37.1. The molecule has 0 aliphatic carbocycles. The van der Waals surface area contributed by atoms with Crippen molar-refractivity contribution in [3.05, 3.63) is 41.0 Å². The Morgan fingerprint density at radius 1 is 0.479 bits per heavy atom. The highest BCUT2D eigenvalue weighted by molar-refractivity contribution is 7.13. The molecular weight excluding hydrogens is 1620 g/mol. The number of likely N-dealkylation sites (N-methyl/N-ethyl adjacent to an activating group) is 1. The number of thiazole rings is 1. The fourth-order valence-corrected chi connectivity index (χ4v) is 12.9. The molecule has 2 N–H and O–H groups in total. The van der Waals surface area contributed by atoms with Gasteiger partial charge in [-0.15, -0.1) is 11.3 Å². The third kappa shape index (κ3) is 56.9. The average molecular weight is 1770 g/mol. The van der Waals surface area contributed by atoms with Crippen molar-refractivity contribution in [1.82, 2.24) is 25.4 Å². The maximum atomic E-state index is 14.8. The van der Waals surface area contributed by atoms with Gasteiger partial charge in [0.2, 0.25) is 17.7 Å². The quantitative estimate of drug-likeness (QED) is 0.0383. The van der Waals surface area contributed by atoms with E-state index in [1.54, 1.807) is 40.4 Å². The molecule has 0 bridgehead atoms. The molecule has 1 fully saturated rings. The molecule has 1 saturated heterocycles. The molecule has 35 nitrogen and oxygen atoms in total. The number of ether oxygens (including phenoxy) is 24. The lowest BCUT2D eigenvalue weighted by molar-refractivity contribution is -0.147. The molecule has 121 heavy (non-hydrogen) atoms. The molecule has 2 aromatic rings. The van der Waals surface area contributed by atoms with Crippen LogP contribution in [0.25, 0.3) is 10.4 Å². The predicted molar refractivity (Wildman–Crippen MR) is 455 cm³/mol. The minimum absolute atomic E-state index is 0.110. The van der Waals surface area contributed by atoms with E-state index in [-0.39, 0.29) is 50.0 Å². The van der Waals surface area contributed by atoms with Crippen molar-refractivity contribution in [3.8, 4) is 10.4 Å². The van der Waals surface area contributed by atoms with Gasteiger partial charge in [0.15, 0.2) is 8.32 Å². The molecule has 3 rings (SSSR count). The third-order valence-electron chi connectivity index (χ3n) is 18.3. The molecule has 702 valence electrons. The minimum Gasteiger partial charge on any atom is -0.463 e. The third-order valence-corrected chi connectivity index (χ3v) is 23.9. The average Bonchev–Trinajstić information content (AvgIpc) is 1.65. The maximum absolute atomic E-state index is 14.8. The number of hydrogen-bond acceptors (Lipinski definition) is 32. The number of aromatic nitrogens is 1. The van der Waals surface area contributed by atoms with Crippen molar-refractivity contribution in [1.29, 1.82) is 0 Å². The van der Waals surface area contributed by atoms with Gasteiger partial charge in [-0.05, 0) is 62.4 Å². The van der Waals surface area contributed by atoms with Crippen LogP contribution in [0.4, 0.5) is 4.79 Å². The SMILES string of the molecule is COCCOCCOCCOCCOCCOCCOCCOCCOCCOCCOCCOCCOCCOCCOCCOCCOCCOCCOCCOCCOCCOCCN(C)C(=O)CCC(=O)OC[C@H](NC(=O)[C@@H]1C[C@@H](O[Si](C)(C)C(C)(C)C)CN1C(=O)[C@@H](NC(=O)OC(C)(C)C)C(C)(C)C)c1ccc(-c2scnc2C)cc1. The lowest BCUT2D eigenvalue weighted by Crippen LogP contribution is -2.58. The van der Waals surface area contributed by atoms with E-state index in [0.717, 1.165) is 16.1 Å². The van der Waals surface area contributed by atoms with Crippen molar-refractivity contribution < 1.29 is 142 Å². The Morgan fingerprint density at radius 3 is 1.11 bits per heavy atom. The van der Waals surface area contributed by atoms with E-state index >= 15 is 0 Å². The topological polar surface area (TPSA) is 360 Å². The van der Waals surface area contributed by atoms with Crippen LogP contribution in [0.15, 0.2) is 29.8 Å². The second-order valence-electron chi connectivity index (χ2n) is 31.5. The van der Waals surface area contributed by atoms with E-state index in [1.807, 2.05) is 52.0 Å². The van der Waals surface area contributed by atoms with Gasteiger partial charge in [-0.3, -0.25) is 19.2 Å². The van der Waals surface area contributed by atoms with Crippen LogP contribution in [-0.4, -0.2) is 395 Å². The number of benzene rings is 1. The Balaban J connectivity index is 1.08. The van der Waals surface area contributed by atoms with Gasteiger partial charge in [-0.25, -0.2) is 9.78 Å². The molecule has 1 aliphatic rings. The summed E-state index contributed by atoms with van der Waals surface area (Å²) in [5, 5.41) is 5.75. The Kier molecular flexibility index (Phi) is 63.4. The number of esters is 1. The number of carbonyl (C=O) groups excluding carboxylic acids is 5. The summed E-state index contributed by atoms with van der Waals surface area (Å²) < 4.78 is 139. The van der Waals surface area contributed by atoms with Gasteiger partial charge in [0.05, 0.1) is 319 Å². The summed E-state index contributed by atoms with van der Waals surface area (Å²) in [6.07, 6.45) is -1.35. The molecule has 0 unspecified atom stereocenters. The van der Waals surface area contributed by atoms with Crippen molar-refractivity contribution in [2.75, 3.05) is 318 Å². The summed E-state index contributed by atoms with van der Waals surface area (Å²) in [6.45, 7) is 43.2. The van der Waals surface area contributed by atoms with Crippen molar-refractivity contribution in [2.45, 2.75) is 136 Å². The number of aryl methyl sites for hydroxylation is 1. The van der Waals surface area contributed by atoms with Crippen LogP contribution in [0.1, 0.15) is 98.9 Å². The number of hydrogen-bond donors (Lipinski definition) is 2. The van der Waals surface area contributed by atoms with Crippen molar-refractivity contribution in [3.63, 3.8) is 0 Å². The lowest BCUT2D eigenvalue weighted by atomic mass is 9.85. The summed E-state index contributed by atoms with van der Waals surface area (Å²) in [5.74, 6) is -1.85. The Hall–Kier alpha value is -4.70. The number of nitrogens with zero attached hydrogens (tertiary/aromatic N) is 3. The van der Waals surface area contributed by atoms with Gasteiger partial charge >= 0.3 is 12.1 Å². The summed E-state index contributed by atoms with van der Waals surface area (Å²) in [5.41, 5.74) is 2.63. The molecule has 1 aromatic heterocycles. The van der Waals surface area contributed by atoms with Gasteiger partial charge in [0, 0.05) is 40.1 Å². The predicted octanol–water partition coefficient (Wildman–Crippen LogP) is 6.98. The number of rotatable bonds is 79. The number of nitrogens with one attached hydrogen (secondary N) is 2. The molecule has 0 saturated carbocycles. The standard InChI is InChI=1S/C84H151N5O30SSi/c1-69-77(120-68-85-69)71-17-15-70(16-18-71)73(86-79(92)74-65-72(119-121(13,14)84(8,9)10)66-89(74)80(93)78(82(2,3)4)87-81(94)118-83(5,6)7)67-117-76(91)20-19-75(90)88(11)21-22-96-25-26-98-29-30-100-33-34-102-37-38-104-41-42-106-45-46-108-49-50-110-53-54-112-57-58-114-61-62-116-64-63-115-60-59-113-56-55-111-52-51-109-48-47-107-44-43-105-40-39-103-36-35-101-32-31-99-28-27-97-24-23-95-12/h15-18,68,72-74,78H,19-67H2,1-14H3,(H,86,92)(H,87,94)/t72-,73+,74+,78-/m1/s1. The number of methoxy groups -OCH3 is 1. The van der Waals surface area contributed by atoms with Gasteiger partial charge in [0.25, 0.3) is 0 Å². The van der Waals surface area contributed by atoms with E-state index in [9.17, 15) is 24.0 Å². The maximum Gasteiger partial charge on any atom is 0.408 e. The number of alkyl carbamates (subject to hydrolysis) is 1. The van der Waals surface area contributed by atoms with Gasteiger partial charge in [0.1, 0.15) is 24.3 Å². The summed E-state index contributed by atoms with van der Waals surface area (Å²) in [4.78, 5) is 77.8. The van der Waals surface area contributed by atoms with E-state index in [0.29, 0.717) is 290 Å². The Labute approximate surface area is 724 Å². The minimum atomic E-state index is -2.40. The number of carbonyl (C=O) groups is 5. The first-order chi connectivity index (χ1) is 58.2. The number of amides is 4. The van der Waals surface area contributed by atoms with E-state index < -0.39 is 67.4 Å². The Bertz CT molecular complexity index is 2900. The second kappa shape index (κ2) is 69.4. The fraction of sp³-hybridized carbons (Fsp3) is 0.833. The molecule has 0 spiro atoms. The first-order valence-corrected chi connectivity index (χ1v) is 46.3. The zero-order chi connectivity index (χ0) is 88.4. The molecule has 4 atom stereocenters. The highest BCUT2D eigenvalue weighted by atomic mass is 32.1. The van der Waals surface area contributed by atoms with Crippen LogP contribution >= 0.6 is 11.3 Å². The number of likely N-dealkylation sites (tertiary alicyclic amines) is 1. The van der Waals surface area contributed by atoms with Gasteiger partial charge < -0.3 is 139 Å². The van der Waals surface area contributed by atoms with Crippen LogP contribution < -0.4 is 10.6 Å². The fourth-order valence-electron chi connectivity index (χ4n) is 10.8. The molecule has 1 aromatic carbocycles. The zero-order valence-corrected chi connectivity index (χ0v) is 77.2. The van der Waals surface area contributed by atoms with Crippen LogP contribution in [0, 0.1) is 12.3 Å². The molecule has 2 heterocycles. The zero-order valence-electron chi connectivity index (χ0n) is 75.3. The van der Waals surface area contributed by atoms with Crippen molar-refractivity contribution >= 4 is 49.4 Å². The largest absolute Gasteiger partial charge is 0.463 e. The normalized spacial score (nSPS) is 14.5. The highest BCUT2D eigenvalue weighted by Gasteiger charge is 2.49. The van der Waals surface area contributed by atoms with Crippen molar-refractivity contribution in [2.24, 2.45) is 5.41 Å². The smallest absolute Gasteiger partial charge is 0.408 e. The monoisotopic (exact) mass is 1770 g/mol. The molecular formula is C84H151N5O30SSi. The van der Waals surface area contributed by atoms with E-state index in [1.165, 1.54) is 21.1 Å². The highest BCUT2D eigenvalue weighted by Crippen LogP contribution is 2.40. The molecule has 1 aliphatic heterocycles. The first kappa shape index (κ1) is 110. The summed E-state index contributed by atoms with van der Waals surface area (Å²) in [6, 6.07) is 4.63. The molecule has 0 radical (unpaired) electrons. The molecule has 4 amide bonds. The van der Waals surface area contributed by atoms with Gasteiger partial charge in [-0.2, -0.15) is 0 Å². The van der Waals surface area contributed by atoms with E-state index in [4.69, 9.17) is 118 Å². The van der Waals surface area contributed by atoms with Crippen LogP contribution in [0.3, 0.4) is 0 Å². The van der Waals surface area contributed by atoms with E-state index in [2.05, 4.69) is 49.5 Å². The first-order valence-electron chi connectivity index (χ1n) is 42.5. The van der Waals surface area contributed by atoms with Crippen LogP contribution in [0.5, 0.6) is 0 Å².